The van der Waals surface area contributed by atoms with Gasteiger partial charge in [0.25, 0.3) is 0 Å². The van der Waals surface area contributed by atoms with Gasteiger partial charge in [-0.1, -0.05) is 53.0 Å². The molecule has 262 valence electrons. The molecule has 0 fully saturated rings. The highest BCUT2D eigenvalue weighted by Gasteiger charge is 2.44. The van der Waals surface area contributed by atoms with Gasteiger partial charge in [-0.3, -0.25) is 9.59 Å². The molecule has 2 amide bonds. The number of para-hydroxylation sites is 1. The third-order valence-electron chi connectivity index (χ3n) is 7.25. The molecule has 0 heterocycles. The Morgan fingerprint density at radius 3 is 1.43 bits per heavy atom. The van der Waals surface area contributed by atoms with Gasteiger partial charge in [0.2, 0.25) is 11.8 Å². The number of benzene rings is 4. The zero-order valence-electron chi connectivity index (χ0n) is 26.3. The first-order valence-corrected chi connectivity index (χ1v) is 18.2. The van der Waals surface area contributed by atoms with Crippen molar-refractivity contribution in [3.63, 3.8) is 0 Å². The number of rotatable bonds is 8. The normalized spacial score (nSPS) is 12.4. The highest BCUT2D eigenvalue weighted by atomic mass is 35.5. The lowest BCUT2D eigenvalue weighted by Crippen LogP contribution is -2.44. The molecule has 0 saturated heterocycles. The second-order valence-corrected chi connectivity index (χ2v) is 17.7. The van der Waals surface area contributed by atoms with Crippen LogP contribution < -0.4 is 10.6 Å². The minimum Gasteiger partial charge on any atom is -0.325 e. The van der Waals surface area contributed by atoms with Gasteiger partial charge in [0.15, 0.2) is 19.7 Å². The highest BCUT2D eigenvalue weighted by molar-refractivity contribution is 7.94. The predicted molar refractivity (Wildman–Crippen MR) is 186 cm³/mol. The van der Waals surface area contributed by atoms with Crippen LogP contribution in [0.4, 0.5) is 24.5 Å². The van der Waals surface area contributed by atoms with Crippen LogP contribution in [0.1, 0.15) is 33.3 Å². The summed E-state index contributed by atoms with van der Waals surface area (Å²) in [6.07, 6.45) is -4.69. The van der Waals surface area contributed by atoms with E-state index in [1.807, 2.05) is 0 Å². The topological polar surface area (TPSA) is 126 Å². The van der Waals surface area contributed by atoms with Gasteiger partial charge < -0.3 is 10.6 Å². The highest BCUT2D eigenvalue weighted by Crippen LogP contribution is 2.36. The Kier molecular flexibility index (Phi) is 12.3. The van der Waals surface area contributed by atoms with Crippen LogP contribution >= 0.6 is 34.8 Å². The quantitative estimate of drug-likeness (QED) is 0.184. The summed E-state index contributed by atoms with van der Waals surface area (Å²) in [7, 11) is -8.06. The summed E-state index contributed by atoms with van der Waals surface area (Å²) in [6.45, 7) is 4.97. The lowest BCUT2D eigenvalue weighted by molar-refractivity contribution is -0.137. The van der Waals surface area contributed by atoms with Gasteiger partial charge in [0.1, 0.15) is 9.49 Å². The Morgan fingerprint density at radius 1 is 0.571 bits per heavy atom. The molecule has 0 atom stereocenters. The van der Waals surface area contributed by atoms with Crippen LogP contribution in [0.5, 0.6) is 0 Å². The summed E-state index contributed by atoms with van der Waals surface area (Å²) >= 11 is 17.4. The first kappa shape index (κ1) is 39.8. The zero-order chi connectivity index (χ0) is 37.0. The summed E-state index contributed by atoms with van der Waals surface area (Å²) in [4.78, 5) is 24.9. The van der Waals surface area contributed by atoms with Crippen molar-refractivity contribution in [1.82, 2.24) is 0 Å². The molecule has 49 heavy (non-hydrogen) atoms. The summed E-state index contributed by atoms with van der Waals surface area (Å²) in [5.74, 6) is -1.72. The van der Waals surface area contributed by atoms with Crippen LogP contribution in [0.3, 0.4) is 0 Å². The molecular formula is C33H30Cl3F3N2O6S2. The second-order valence-electron chi connectivity index (χ2n) is 11.4. The molecule has 8 nitrogen and oxygen atoms in total. The smallest absolute Gasteiger partial charge is 0.325 e. The molecule has 0 aromatic heterocycles. The van der Waals surface area contributed by atoms with Crippen LogP contribution in [0, 0.1) is 0 Å². The number of hydrogen-bond acceptors (Lipinski definition) is 6. The SMILES string of the molecule is CC(C)(C(=O)Nc1cccc(Cl)c1)S(=O)(=O)c1ccc(Cl)cc1.CC(C)(C(=O)Nc1ccccc1C(F)(F)F)S(=O)(=O)c1ccc(Cl)cc1. The number of halogens is 6. The molecule has 0 bridgehead atoms. The first-order valence-electron chi connectivity index (χ1n) is 14.1. The zero-order valence-corrected chi connectivity index (χ0v) is 30.2. The fourth-order valence-electron chi connectivity index (χ4n) is 4.02. The average molecular weight is 778 g/mol. The van der Waals surface area contributed by atoms with Crippen molar-refractivity contribution in [2.75, 3.05) is 10.6 Å². The maximum absolute atomic E-state index is 13.1. The van der Waals surface area contributed by atoms with E-state index in [0.29, 0.717) is 20.8 Å². The fourth-order valence-corrected chi connectivity index (χ4v) is 7.22. The number of carbonyl (C=O) groups is 2. The van der Waals surface area contributed by atoms with Crippen molar-refractivity contribution in [2.24, 2.45) is 0 Å². The van der Waals surface area contributed by atoms with Crippen molar-refractivity contribution >= 4 is 77.7 Å². The molecule has 0 radical (unpaired) electrons. The van der Waals surface area contributed by atoms with Crippen LogP contribution in [-0.4, -0.2) is 38.1 Å². The molecule has 0 saturated carbocycles. The molecule has 0 unspecified atom stereocenters. The Balaban J connectivity index is 0.000000267. The third kappa shape index (κ3) is 9.14. The van der Waals surface area contributed by atoms with E-state index in [1.165, 1.54) is 74.5 Å². The standard InChI is InChI=1S/C17H15ClF3NO3S.C16H15Cl2NO3S/c1-16(2,26(24,25)12-9-7-11(18)8-10-12)15(23)22-14-6-4-3-5-13(14)17(19,20)21;1-16(2,15(20)19-13-5-3-4-12(18)10-13)23(21,22)14-8-6-11(17)7-9-14/h3-10H,1-2H3,(H,22,23);3-10H,1-2H3,(H,19,20). The molecule has 16 heteroatoms. The number of amides is 2. The van der Waals surface area contributed by atoms with Crippen molar-refractivity contribution in [2.45, 2.75) is 53.2 Å². The fraction of sp³-hybridized carbons (Fsp3) is 0.212. The number of sulfone groups is 2. The molecule has 4 aromatic carbocycles. The number of anilines is 2. The summed E-state index contributed by atoms with van der Waals surface area (Å²) in [6, 6.07) is 21.7. The maximum Gasteiger partial charge on any atom is 0.418 e. The lowest BCUT2D eigenvalue weighted by atomic mass is 10.1. The van der Waals surface area contributed by atoms with E-state index in [2.05, 4.69) is 10.6 Å². The summed E-state index contributed by atoms with van der Waals surface area (Å²) in [5, 5.41) is 5.84. The Hall–Kier alpha value is -3.62. The largest absolute Gasteiger partial charge is 0.418 e. The molecule has 2 N–H and O–H groups in total. The van der Waals surface area contributed by atoms with Gasteiger partial charge in [-0.2, -0.15) is 13.2 Å². The van der Waals surface area contributed by atoms with Crippen molar-refractivity contribution < 1.29 is 39.6 Å². The van der Waals surface area contributed by atoms with E-state index in [0.717, 1.165) is 26.0 Å². The Morgan fingerprint density at radius 2 is 1.00 bits per heavy atom. The lowest BCUT2D eigenvalue weighted by Gasteiger charge is -2.25. The molecular weight excluding hydrogens is 748 g/mol. The third-order valence-corrected chi connectivity index (χ3v) is 12.8. The van der Waals surface area contributed by atoms with Crippen molar-refractivity contribution in [1.29, 1.82) is 0 Å². The van der Waals surface area contributed by atoms with Crippen LogP contribution in [0.25, 0.3) is 0 Å². The van der Waals surface area contributed by atoms with Gasteiger partial charge in [0.05, 0.1) is 21.0 Å². The van der Waals surface area contributed by atoms with Crippen LogP contribution in [0.15, 0.2) is 107 Å². The average Bonchev–Trinajstić information content (AvgIpc) is 3.01. The molecule has 0 aliphatic rings. The molecule has 4 rings (SSSR count). The van der Waals surface area contributed by atoms with E-state index in [9.17, 15) is 39.6 Å². The Labute approximate surface area is 297 Å². The number of hydrogen-bond donors (Lipinski definition) is 2. The summed E-state index contributed by atoms with van der Waals surface area (Å²) in [5.41, 5.74) is -1.14. The van der Waals surface area contributed by atoms with E-state index in [-0.39, 0.29) is 9.79 Å². The van der Waals surface area contributed by atoms with E-state index >= 15 is 0 Å². The number of alkyl halides is 3. The van der Waals surface area contributed by atoms with E-state index < -0.39 is 58.4 Å². The van der Waals surface area contributed by atoms with Crippen molar-refractivity contribution in [3.8, 4) is 0 Å². The maximum atomic E-state index is 13.1. The molecule has 0 aliphatic carbocycles. The van der Waals surface area contributed by atoms with E-state index in [4.69, 9.17) is 34.8 Å². The van der Waals surface area contributed by atoms with Crippen molar-refractivity contribution in [3.05, 3.63) is 118 Å². The minimum atomic E-state index is -4.69. The first-order chi connectivity index (χ1) is 22.5. The molecule has 0 aliphatic heterocycles. The Bertz CT molecular complexity index is 2050. The van der Waals surface area contributed by atoms with Crippen LogP contribution in [-0.2, 0) is 35.4 Å². The van der Waals surface area contributed by atoms with Gasteiger partial charge >= 0.3 is 6.18 Å². The molecule has 4 aromatic rings. The minimum absolute atomic E-state index is 0.0353. The number of carbonyl (C=O) groups excluding carboxylic acids is 2. The van der Waals surface area contributed by atoms with Gasteiger partial charge in [-0.15, -0.1) is 0 Å². The van der Waals surface area contributed by atoms with Gasteiger partial charge in [0, 0.05) is 20.8 Å². The summed E-state index contributed by atoms with van der Waals surface area (Å²) < 4.78 is 86.4. The second kappa shape index (κ2) is 15.1. The van der Waals surface area contributed by atoms with Gasteiger partial charge in [-0.05, 0) is 107 Å². The van der Waals surface area contributed by atoms with Crippen LogP contribution in [0.2, 0.25) is 15.1 Å². The number of nitrogens with one attached hydrogen (secondary N) is 2. The predicted octanol–water partition coefficient (Wildman–Crippen LogP) is 8.73. The monoisotopic (exact) mass is 776 g/mol. The molecule has 0 spiro atoms. The van der Waals surface area contributed by atoms with Gasteiger partial charge in [-0.25, -0.2) is 16.8 Å². The van der Waals surface area contributed by atoms with E-state index in [1.54, 1.807) is 24.3 Å².